The molecule has 2 aliphatic heterocycles. The van der Waals surface area contributed by atoms with Crippen molar-refractivity contribution in [3.8, 4) is 5.75 Å². The number of rotatable bonds is 7. The predicted octanol–water partition coefficient (Wildman–Crippen LogP) is 1.38. The monoisotopic (exact) mass is 406 g/mol. The molecule has 2 N–H and O–H groups in total. The fourth-order valence-electron chi connectivity index (χ4n) is 3.34. The van der Waals surface area contributed by atoms with Crippen LogP contribution in [0.1, 0.15) is 19.8 Å². The molecule has 8 heteroatoms. The van der Waals surface area contributed by atoms with E-state index in [1.165, 1.54) is 0 Å². The normalized spacial score (nSPS) is 19.5. The van der Waals surface area contributed by atoms with Gasteiger partial charge in [-0.3, -0.25) is 9.69 Å². The number of anilines is 1. The van der Waals surface area contributed by atoms with Crippen LogP contribution in [0.3, 0.4) is 0 Å². The molecule has 1 atom stereocenters. The number of hydrogen-bond acceptors (Lipinski definition) is 5. The van der Waals surface area contributed by atoms with Gasteiger partial charge in [0.05, 0.1) is 25.4 Å². The van der Waals surface area contributed by atoms with Crippen LogP contribution in [0, 0.1) is 0 Å². The van der Waals surface area contributed by atoms with Crippen LogP contribution in [0.4, 0.5) is 5.69 Å². The maximum absolute atomic E-state index is 12.4. The number of ether oxygens (including phenoxy) is 2. The number of hydrogen-bond donors (Lipinski definition) is 2. The van der Waals surface area contributed by atoms with E-state index in [0.717, 1.165) is 57.9 Å². The SMILES string of the molecule is CCCNC(=O)[C@@H]1CN(C(=S)NCCCN2CCOCC2)c2ccccc2O1. The number of nitrogens with one attached hydrogen (secondary N) is 2. The Labute approximate surface area is 172 Å². The van der Waals surface area contributed by atoms with Crippen molar-refractivity contribution in [2.24, 2.45) is 0 Å². The lowest BCUT2D eigenvalue weighted by Gasteiger charge is -2.35. The van der Waals surface area contributed by atoms with Gasteiger partial charge in [-0.1, -0.05) is 19.1 Å². The predicted molar refractivity (Wildman–Crippen MR) is 114 cm³/mol. The van der Waals surface area contributed by atoms with Crippen molar-refractivity contribution in [1.29, 1.82) is 0 Å². The third-order valence-electron chi connectivity index (χ3n) is 4.89. The molecule has 0 spiro atoms. The van der Waals surface area contributed by atoms with Crippen molar-refractivity contribution < 1.29 is 14.3 Å². The van der Waals surface area contributed by atoms with E-state index in [4.69, 9.17) is 21.7 Å². The summed E-state index contributed by atoms with van der Waals surface area (Å²) in [5.74, 6) is 0.583. The Morgan fingerprint density at radius 1 is 1.21 bits per heavy atom. The van der Waals surface area contributed by atoms with E-state index in [9.17, 15) is 4.79 Å². The number of amides is 1. The van der Waals surface area contributed by atoms with Crippen LogP contribution in [-0.2, 0) is 9.53 Å². The Balaban J connectivity index is 1.55. The van der Waals surface area contributed by atoms with Crippen LogP contribution >= 0.6 is 12.2 Å². The van der Waals surface area contributed by atoms with Gasteiger partial charge >= 0.3 is 0 Å². The quantitative estimate of drug-likeness (QED) is 0.524. The van der Waals surface area contributed by atoms with Gasteiger partial charge in [0.2, 0.25) is 0 Å². The van der Waals surface area contributed by atoms with Crippen LogP contribution in [0.15, 0.2) is 24.3 Å². The summed E-state index contributed by atoms with van der Waals surface area (Å²) in [6.07, 6.45) is 1.32. The number of para-hydroxylation sites is 2. The van der Waals surface area contributed by atoms with E-state index in [0.29, 0.717) is 24.0 Å². The molecule has 0 aromatic heterocycles. The highest BCUT2D eigenvalue weighted by Crippen LogP contribution is 2.33. The van der Waals surface area contributed by atoms with Crippen molar-refractivity contribution >= 4 is 28.9 Å². The largest absolute Gasteiger partial charge is 0.477 e. The molecule has 3 rings (SSSR count). The molecule has 1 aromatic carbocycles. The first-order valence-corrected chi connectivity index (χ1v) is 10.5. The smallest absolute Gasteiger partial charge is 0.262 e. The lowest BCUT2D eigenvalue weighted by molar-refractivity contribution is -0.127. The highest BCUT2D eigenvalue weighted by atomic mass is 32.1. The Bertz CT molecular complexity index is 667. The number of morpholine rings is 1. The molecule has 0 unspecified atom stereocenters. The molecule has 0 bridgehead atoms. The summed E-state index contributed by atoms with van der Waals surface area (Å²) in [7, 11) is 0. The van der Waals surface area contributed by atoms with Gasteiger partial charge in [0, 0.05) is 26.2 Å². The number of benzene rings is 1. The number of fused-ring (bicyclic) bond motifs is 1. The molecular weight excluding hydrogens is 376 g/mol. The average Bonchev–Trinajstić information content (AvgIpc) is 2.74. The van der Waals surface area contributed by atoms with Crippen LogP contribution in [0.2, 0.25) is 0 Å². The molecule has 28 heavy (non-hydrogen) atoms. The van der Waals surface area contributed by atoms with Gasteiger partial charge in [-0.2, -0.15) is 0 Å². The third-order valence-corrected chi connectivity index (χ3v) is 5.26. The van der Waals surface area contributed by atoms with Gasteiger partial charge in [-0.05, 0) is 43.7 Å². The average molecular weight is 407 g/mol. The molecule has 2 heterocycles. The third kappa shape index (κ3) is 5.56. The van der Waals surface area contributed by atoms with Crippen molar-refractivity contribution in [3.63, 3.8) is 0 Å². The van der Waals surface area contributed by atoms with E-state index in [2.05, 4.69) is 15.5 Å². The Morgan fingerprint density at radius 2 is 2.00 bits per heavy atom. The second kappa shape index (κ2) is 10.6. The number of nitrogens with zero attached hydrogens (tertiary/aromatic N) is 2. The summed E-state index contributed by atoms with van der Waals surface area (Å²) in [6, 6.07) is 7.70. The van der Waals surface area contributed by atoms with E-state index in [-0.39, 0.29) is 5.91 Å². The van der Waals surface area contributed by atoms with Crippen molar-refractivity contribution in [3.05, 3.63) is 24.3 Å². The second-order valence-corrected chi connectivity index (χ2v) is 7.40. The summed E-state index contributed by atoms with van der Waals surface area (Å²) in [4.78, 5) is 16.8. The van der Waals surface area contributed by atoms with Crippen LogP contribution in [-0.4, -0.2) is 74.5 Å². The lowest BCUT2D eigenvalue weighted by atomic mass is 10.2. The number of carbonyl (C=O) groups is 1. The summed E-state index contributed by atoms with van der Waals surface area (Å²) in [6.45, 7) is 8.52. The van der Waals surface area contributed by atoms with Gasteiger partial charge in [-0.15, -0.1) is 0 Å². The zero-order valence-corrected chi connectivity index (χ0v) is 17.3. The number of thiocarbonyl (C=S) groups is 1. The van der Waals surface area contributed by atoms with E-state index >= 15 is 0 Å². The standard InChI is InChI=1S/C20H30N4O3S/c1-2-8-21-19(25)18-15-24(16-6-3-4-7-17(16)27-18)20(28)22-9-5-10-23-11-13-26-14-12-23/h3-4,6-7,18H,2,5,8-15H2,1H3,(H,21,25)(H,22,28)/t18-/m0/s1. The molecule has 1 aromatic rings. The fourth-order valence-corrected chi connectivity index (χ4v) is 3.62. The molecule has 154 valence electrons. The second-order valence-electron chi connectivity index (χ2n) is 7.02. The number of carbonyl (C=O) groups excluding carboxylic acids is 1. The van der Waals surface area contributed by atoms with E-state index in [1.807, 2.05) is 36.1 Å². The molecule has 1 amide bonds. The molecule has 0 aliphatic carbocycles. The topological polar surface area (TPSA) is 66.1 Å². The minimum absolute atomic E-state index is 0.100. The Morgan fingerprint density at radius 3 is 2.79 bits per heavy atom. The molecule has 0 radical (unpaired) electrons. The Kier molecular flexibility index (Phi) is 7.88. The molecule has 1 fully saturated rings. The summed E-state index contributed by atoms with van der Waals surface area (Å²) in [5, 5.41) is 6.89. The fraction of sp³-hybridized carbons (Fsp3) is 0.600. The van der Waals surface area contributed by atoms with Crippen molar-refractivity contribution in [1.82, 2.24) is 15.5 Å². The molecular formula is C20H30N4O3S. The van der Waals surface area contributed by atoms with Crippen LogP contribution in [0.5, 0.6) is 5.75 Å². The summed E-state index contributed by atoms with van der Waals surface area (Å²) < 4.78 is 11.3. The van der Waals surface area contributed by atoms with E-state index < -0.39 is 6.10 Å². The van der Waals surface area contributed by atoms with Crippen molar-refractivity contribution in [2.75, 3.05) is 57.4 Å². The van der Waals surface area contributed by atoms with Gasteiger partial charge in [0.15, 0.2) is 11.2 Å². The zero-order chi connectivity index (χ0) is 19.8. The maximum atomic E-state index is 12.4. The summed E-state index contributed by atoms with van der Waals surface area (Å²) >= 11 is 5.64. The molecule has 0 saturated carbocycles. The first kappa shape index (κ1) is 20.8. The van der Waals surface area contributed by atoms with Gasteiger partial charge in [-0.25, -0.2) is 0 Å². The molecule has 1 saturated heterocycles. The van der Waals surface area contributed by atoms with Crippen LogP contribution in [0.25, 0.3) is 0 Å². The first-order valence-electron chi connectivity index (χ1n) is 10.1. The highest BCUT2D eigenvalue weighted by molar-refractivity contribution is 7.80. The summed E-state index contributed by atoms with van der Waals surface area (Å²) in [5.41, 5.74) is 0.896. The minimum Gasteiger partial charge on any atom is -0.477 e. The van der Waals surface area contributed by atoms with Gasteiger partial charge < -0.3 is 25.0 Å². The Hall–Kier alpha value is -1.90. The van der Waals surface area contributed by atoms with E-state index in [1.54, 1.807) is 0 Å². The van der Waals surface area contributed by atoms with Crippen molar-refractivity contribution in [2.45, 2.75) is 25.9 Å². The minimum atomic E-state index is -0.574. The van der Waals surface area contributed by atoms with Gasteiger partial charge in [0.25, 0.3) is 5.91 Å². The zero-order valence-electron chi connectivity index (χ0n) is 16.5. The van der Waals surface area contributed by atoms with Crippen LogP contribution < -0.4 is 20.3 Å². The molecule has 7 nitrogen and oxygen atoms in total. The molecule has 2 aliphatic rings. The highest BCUT2D eigenvalue weighted by Gasteiger charge is 2.32. The lowest BCUT2D eigenvalue weighted by Crippen LogP contribution is -2.53. The maximum Gasteiger partial charge on any atom is 0.262 e. The van der Waals surface area contributed by atoms with Gasteiger partial charge in [0.1, 0.15) is 5.75 Å². The first-order chi connectivity index (χ1) is 13.7.